The fraction of sp³-hybridized carbons (Fsp3) is 0.156. The summed E-state index contributed by atoms with van der Waals surface area (Å²) in [6, 6.07) is 14.6. The van der Waals surface area contributed by atoms with Gasteiger partial charge in [-0.05, 0) is 82.9 Å². The average Bonchev–Trinajstić information content (AvgIpc) is 3.23. The van der Waals surface area contributed by atoms with Crippen molar-refractivity contribution in [3.05, 3.63) is 107 Å². The Morgan fingerprint density at radius 1 is 0.556 bits per heavy atom. The molecule has 0 saturated carbocycles. The largest absolute Gasteiger partial charge is 0.519 e. The molecule has 0 spiro atoms. The number of alkyl halides is 6. The molecule has 7 nitrogen and oxygen atoms in total. The second kappa shape index (κ2) is 11.3. The highest BCUT2D eigenvalue weighted by molar-refractivity contribution is 6.22. The van der Waals surface area contributed by atoms with Crippen molar-refractivity contribution in [2.75, 3.05) is 7.11 Å². The van der Waals surface area contributed by atoms with Crippen LogP contribution in [-0.2, 0) is 10.2 Å². The lowest BCUT2D eigenvalue weighted by atomic mass is 9.73. The number of methoxy groups -OCH3 is 1. The molecule has 5 rings (SSSR count). The first-order chi connectivity index (χ1) is 21.2. The highest BCUT2D eigenvalue weighted by Gasteiger charge is 2.72. The third-order valence-electron chi connectivity index (χ3n) is 7.09. The molecular weight excluding hydrogens is 610 g/mol. The van der Waals surface area contributed by atoms with Crippen LogP contribution in [0.1, 0.15) is 34.0 Å². The lowest BCUT2D eigenvalue weighted by molar-refractivity contribution is -0.288. The number of ether oxygens (including phenoxy) is 4. The van der Waals surface area contributed by atoms with Gasteiger partial charge in [0.1, 0.15) is 23.0 Å². The molecule has 1 aliphatic carbocycles. The van der Waals surface area contributed by atoms with E-state index in [1.807, 2.05) is 0 Å². The molecule has 0 saturated heterocycles. The number of halogens is 6. The van der Waals surface area contributed by atoms with Crippen molar-refractivity contribution in [3.63, 3.8) is 0 Å². The van der Waals surface area contributed by atoms with E-state index in [2.05, 4.69) is 0 Å². The smallest absolute Gasteiger partial charge is 0.497 e. The zero-order valence-corrected chi connectivity index (χ0v) is 23.2. The van der Waals surface area contributed by atoms with E-state index in [1.54, 1.807) is 6.07 Å². The Morgan fingerprint density at radius 2 is 0.956 bits per heavy atom. The number of hydrogen-bond acceptors (Lipinski definition) is 7. The van der Waals surface area contributed by atoms with Crippen LogP contribution in [0.5, 0.6) is 23.0 Å². The van der Waals surface area contributed by atoms with Crippen molar-refractivity contribution in [1.29, 1.82) is 0 Å². The van der Waals surface area contributed by atoms with Gasteiger partial charge in [0.2, 0.25) is 5.41 Å². The summed E-state index contributed by atoms with van der Waals surface area (Å²) in [6.45, 7) is 1.21. The van der Waals surface area contributed by atoms with E-state index in [1.165, 1.54) is 44.4 Å². The number of ketones is 1. The van der Waals surface area contributed by atoms with Crippen LogP contribution in [0.3, 0.4) is 0 Å². The maximum absolute atomic E-state index is 14.4. The topological polar surface area (TPSA) is 88.1 Å². The summed E-state index contributed by atoms with van der Waals surface area (Å²) in [5.74, 6) is -1.30. The molecule has 0 amide bonds. The number of hydrogen-bond donors (Lipinski definition) is 0. The van der Waals surface area contributed by atoms with Crippen molar-refractivity contribution in [2.24, 2.45) is 0 Å². The summed E-state index contributed by atoms with van der Waals surface area (Å²) in [5, 5.41) is 0. The molecular formula is C32H20F6O7. The maximum atomic E-state index is 14.4. The summed E-state index contributed by atoms with van der Waals surface area (Å²) < 4.78 is 106. The Balaban J connectivity index is 1.36. The van der Waals surface area contributed by atoms with E-state index < -0.39 is 52.6 Å². The highest BCUT2D eigenvalue weighted by atomic mass is 19.4. The fourth-order valence-corrected chi connectivity index (χ4v) is 5.14. The van der Waals surface area contributed by atoms with Crippen LogP contribution in [0.25, 0.3) is 11.1 Å². The second-order valence-corrected chi connectivity index (χ2v) is 9.79. The minimum atomic E-state index is -5.81. The van der Waals surface area contributed by atoms with Crippen LogP contribution in [-0.4, -0.2) is 37.4 Å². The van der Waals surface area contributed by atoms with Gasteiger partial charge in [0, 0.05) is 18.1 Å². The van der Waals surface area contributed by atoms with Gasteiger partial charge < -0.3 is 18.9 Å². The number of carbonyl (C=O) groups excluding carboxylic acids is 3. The second-order valence-electron chi connectivity index (χ2n) is 9.79. The molecule has 0 fully saturated rings. The van der Waals surface area contributed by atoms with Crippen LogP contribution < -0.4 is 18.9 Å². The van der Waals surface area contributed by atoms with Crippen molar-refractivity contribution in [2.45, 2.75) is 24.7 Å². The Kier molecular flexibility index (Phi) is 7.81. The zero-order valence-electron chi connectivity index (χ0n) is 23.2. The molecule has 0 bridgehead atoms. The minimum absolute atomic E-state index is 0.0601. The van der Waals surface area contributed by atoms with Crippen LogP contribution in [0.15, 0.2) is 84.9 Å². The van der Waals surface area contributed by atoms with Crippen LogP contribution >= 0.6 is 0 Å². The molecule has 0 aliphatic heterocycles. The Bertz CT molecular complexity index is 1780. The molecule has 0 aromatic heterocycles. The van der Waals surface area contributed by atoms with Crippen molar-refractivity contribution in [1.82, 2.24) is 0 Å². The molecule has 232 valence electrons. The van der Waals surface area contributed by atoms with Gasteiger partial charge in [0.25, 0.3) is 0 Å². The molecule has 0 N–H and O–H groups in total. The molecule has 45 heavy (non-hydrogen) atoms. The van der Waals surface area contributed by atoms with Gasteiger partial charge in [0.05, 0.1) is 7.11 Å². The van der Waals surface area contributed by atoms with E-state index >= 15 is 0 Å². The molecule has 4 aromatic carbocycles. The van der Waals surface area contributed by atoms with Crippen LogP contribution in [0.4, 0.5) is 31.1 Å². The summed E-state index contributed by atoms with van der Waals surface area (Å²) in [6.07, 6.45) is -13.0. The average molecular weight is 630 g/mol. The molecule has 13 heteroatoms. The van der Waals surface area contributed by atoms with Crippen molar-refractivity contribution >= 4 is 17.9 Å². The first kappa shape index (κ1) is 31.1. The zero-order chi connectivity index (χ0) is 32.7. The summed E-state index contributed by atoms with van der Waals surface area (Å²) >= 11 is 0. The molecule has 0 atom stereocenters. The lowest BCUT2D eigenvalue weighted by Crippen LogP contribution is -2.54. The van der Waals surface area contributed by atoms with Gasteiger partial charge >= 0.3 is 24.5 Å². The Hall–Kier alpha value is -5.33. The molecule has 0 radical (unpaired) electrons. The maximum Gasteiger partial charge on any atom is 0.519 e. The predicted molar refractivity (Wildman–Crippen MR) is 146 cm³/mol. The van der Waals surface area contributed by atoms with Gasteiger partial charge in [-0.2, -0.15) is 26.3 Å². The Morgan fingerprint density at radius 3 is 1.38 bits per heavy atom. The van der Waals surface area contributed by atoms with Crippen LogP contribution in [0, 0.1) is 0 Å². The number of fused-ring (bicyclic) bond motifs is 3. The van der Waals surface area contributed by atoms with E-state index in [0.717, 1.165) is 24.3 Å². The first-order valence-electron chi connectivity index (χ1n) is 13.0. The van der Waals surface area contributed by atoms with Crippen molar-refractivity contribution in [3.8, 4) is 34.1 Å². The third-order valence-corrected chi connectivity index (χ3v) is 7.09. The molecule has 0 unspecified atom stereocenters. The molecule has 4 aromatic rings. The molecule has 1 aliphatic rings. The Labute approximate surface area is 250 Å². The normalized spacial score (nSPS) is 12.7. The minimum Gasteiger partial charge on any atom is -0.497 e. The lowest BCUT2D eigenvalue weighted by Gasteiger charge is -2.38. The number of carbonyl (C=O) groups is 3. The third kappa shape index (κ3) is 5.56. The highest BCUT2D eigenvalue weighted by Crippen LogP contribution is 2.56. The quantitative estimate of drug-likeness (QED) is 0.0818. The predicted octanol–water partition coefficient (Wildman–Crippen LogP) is 7.82. The van der Waals surface area contributed by atoms with Gasteiger partial charge in [-0.3, -0.25) is 9.59 Å². The molecule has 0 heterocycles. The first-order valence-corrected chi connectivity index (χ1v) is 13.0. The summed E-state index contributed by atoms with van der Waals surface area (Å²) in [7, 11) is 1.21. The monoisotopic (exact) mass is 630 g/mol. The van der Waals surface area contributed by atoms with Crippen molar-refractivity contribution < 1.29 is 59.7 Å². The standard InChI is InChI=1S/C32H20F6O7/c1-17(39)43-22-11-13-24-25-14-12-23(16-27(25)28(40)26(24)15-22)45-29(41)44-21-9-5-19(6-10-21)30(31(33,34)35,32(36,37)38)18-3-7-20(42-2)8-4-18/h3-16H,1-2H3. The van der Waals surface area contributed by atoms with E-state index in [0.29, 0.717) is 35.4 Å². The van der Waals surface area contributed by atoms with Gasteiger partial charge in [-0.25, -0.2) is 4.79 Å². The van der Waals surface area contributed by atoms with E-state index in [4.69, 9.17) is 18.9 Å². The summed E-state index contributed by atoms with van der Waals surface area (Å²) in [4.78, 5) is 36.7. The fourth-order valence-electron chi connectivity index (χ4n) is 5.14. The van der Waals surface area contributed by atoms with Crippen LogP contribution in [0.2, 0.25) is 0 Å². The van der Waals surface area contributed by atoms with Gasteiger partial charge in [-0.15, -0.1) is 0 Å². The van der Waals surface area contributed by atoms with E-state index in [9.17, 15) is 40.7 Å². The van der Waals surface area contributed by atoms with E-state index in [-0.39, 0.29) is 28.4 Å². The number of esters is 1. The van der Waals surface area contributed by atoms with Gasteiger partial charge in [-0.1, -0.05) is 24.3 Å². The number of rotatable bonds is 6. The number of benzene rings is 4. The van der Waals surface area contributed by atoms with Gasteiger partial charge in [0.15, 0.2) is 5.78 Å². The summed E-state index contributed by atoms with van der Waals surface area (Å²) in [5.41, 5.74) is -5.15. The SMILES string of the molecule is COc1ccc(C(c2ccc(OC(=O)Oc3ccc4c(c3)C(=O)c3cc(OC(C)=O)ccc3-4)cc2)(C(F)(F)F)C(F)(F)F)cc1.